The van der Waals surface area contributed by atoms with Crippen LogP contribution in [0.1, 0.15) is 21.6 Å². The molecule has 0 spiro atoms. The first-order valence-electron chi connectivity index (χ1n) is 8.45. The summed E-state index contributed by atoms with van der Waals surface area (Å²) in [6.45, 7) is 0. The quantitative estimate of drug-likeness (QED) is 0.685. The first-order valence-corrected chi connectivity index (χ1v) is 8.45. The molecule has 4 nitrogen and oxygen atoms in total. The van der Waals surface area contributed by atoms with Crippen LogP contribution < -0.4 is 10.1 Å². The Morgan fingerprint density at radius 1 is 1.04 bits per heavy atom. The maximum Gasteiger partial charge on any atom is 0.193 e. The van der Waals surface area contributed by atoms with E-state index in [1.54, 1.807) is 19.4 Å². The van der Waals surface area contributed by atoms with E-state index in [0.717, 1.165) is 22.6 Å². The second-order valence-corrected chi connectivity index (χ2v) is 6.09. The van der Waals surface area contributed by atoms with Crippen molar-refractivity contribution in [2.75, 3.05) is 12.4 Å². The van der Waals surface area contributed by atoms with E-state index in [9.17, 15) is 4.79 Å². The molecule has 0 saturated heterocycles. The minimum atomic E-state index is -0.0127. The van der Waals surface area contributed by atoms with Crippen LogP contribution in [0.3, 0.4) is 0 Å². The Morgan fingerprint density at radius 3 is 2.69 bits per heavy atom. The van der Waals surface area contributed by atoms with E-state index in [-0.39, 0.29) is 5.78 Å². The van der Waals surface area contributed by atoms with Gasteiger partial charge in [0, 0.05) is 28.8 Å². The Morgan fingerprint density at radius 2 is 1.88 bits per heavy atom. The fraction of sp³-hybridized carbons (Fsp3) is 0.0909. The number of allylic oxidation sites excluding steroid dienone is 2. The van der Waals surface area contributed by atoms with Gasteiger partial charge in [0.1, 0.15) is 5.75 Å². The number of nitrogens with one attached hydrogen (secondary N) is 1. The number of carbonyl (C=O) groups excluding carboxylic acids is 1. The van der Waals surface area contributed by atoms with Crippen molar-refractivity contribution in [1.82, 2.24) is 4.98 Å². The molecule has 1 aromatic heterocycles. The first-order chi connectivity index (χ1) is 12.7. The molecule has 1 heterocycles. The summed E-state index contributed by atoms with van der Waals surface area (Å²) in [4.78, 5) is 17.5. The van der Waals surface area contributed by atoms with Gasteiger partial charge in [-0.2, -0.15) is 0 Å². The zero-order chi connectivity index (χ0) is 17.9. The summed E-state index contributed by atoms with van der Waals surface area (Å²) in [6, 6.07) is 19.1. The van der Waals surface area contributed by atoms with Crippen molar-refractivity contribution in [3.63, 3.8) is 0 Å². The molecule has 128 valence electrons. The molecule has 0 radical (unpaired) electrons. The lowest BCUT2D eigenvalue weighted by atomic mass is 9.99. The van der Waals surface area contributed by atoms with Crippen LogP contribution in [0.25, 0.3) is 5.57 Å². The van der Waals surface area contributed by atoms with Crippen LogP contribution in [0.15, 0.2) is 72.9 Å². The Balaban J connectivity index is 1.63. The third-order valence-electron chi connectivity index (χ3n) is 4.40. The zero-order valence-electron chi connectivity index (χ0n) is 14.4. The van der Waals surface area contributed by atoms with Gasteiger partial charge in [-0.05, 0) is 30.3 Å². The highest BCUT2D eigenvalue weighted by Gasteiger charge is 2.23. The Bertz CT molecular complexity index is 994. The van der Waals surface area contributed by atoms with E-state index in [1.165, 1.54) is 0 Å². The molecule has 0 saturated carbocycles. The zero-order valence-corrected chi connectivity index (χ0v) is 14.4. The van der Waals surface area contributed by atoms with Gasteiger partial charge < -0.3 is 10.1 Å². The fourth-order valence-electron chi connectivity index (χ4n) is 3.09. The number of para-hydroxylation sites is 1. The summed E-state index contributed by atoms with van der Waals surface area (Å²) in [5, 5.41) is 3.33. The maximum atomic E-state index is 13.0. The lowest BCUT2D eigenvalue weighted by Crippen LogP contribution is -2.03. The van der Waals surface area contributed by atoms with Gasteiger partial charge in [-0.15, -0.1) is 0 Å². The lowest BCUT2D eigenvalue weighted by Gasteiger charge is -2.10. The highest BCUT2D eigenvalue weighted by atomic mass is 16.5. The average Bonchev–Trinajstić information content (AvgIpc) is 3.11. The van der Waals surface area contributed by atoms with E-state index in [2.05, 4.69) is 10.3 Å². The third-order valence-corrected chi connectivity index (χ3v) is 4.40. The van der Waals surface area contributed by atoms with Gasteiger partial charge in [0.05, 0.1) is 24.7 Å². The molecule has 3 aromatic rings. The van der Waals surface area contributed by atoms with Crippen LogP contribution in [-0.2, 0) is 6.42 Å². The fourth-order valence-corrected chi connectivity index (χ4v) is 3.09. The number of methoxy groups -OCH3 is 1. The normalized spacial score (nSPS) is 12.3. The van der Waals surface area contributed by atoms with Gasteiger partial charge >= 0.3 is 0 Å². The summed E-state index contributed by atoms with van der Waals surface area (Å²) in [6.07, 6.45) is 4.43. The van der Waals surface area contributed by atoms with Gasteiger partial charge in [0.25, 0.3) is 0 Å². The van der Waals surface area contributed by atoms with Gasteiger partial charge in [-0.3, -0.25) is 9.78 Å². The lowest BCUT2D eigenvalue weighted by molar-refractivity contribution is 0.105. The predicted molar refractivity (Wildman–Crippen MR) is 103 cm³/mol. The van der Waals surface area contributed by atoms with Crippen LogP contribution in [0, 0.1) is 0 Å². The molecule has 26 heavy (non-hydrogen) atoms. The number of Topliss-reactive ketones (excluding diaryl/α,β-unsaturated/α-hetero) is 1. The second kappa shape index (κ2) is 6.84. The Kier molecular flexibility index (Phi) is 4.23. The van der Waals surface area contributed by atoms with Gasteiger partial charge in [-0.1, -0.05) is 36.4 Å². The molecule has 0 aliphatic heterocycles. The summed E-state index contributed by atoms with van der Waals surface area (Å²) in [7, 11) is 1.60. The number of rotatable bonds is 5. The molecule has 1 aliphatic rings. The summed E-state index contributed by atoms with van der Waals surface area (Å²) >= 11 is 0. The largest absolute Gasteiger partial charge is 0.497 e. The smallest absolute Gasteiger partial charge is 0.193 e. The van der Waals surface area contributed by atoms with E-state index in [4.69, 9.17) is 4.74 Å². The Labute approximate surface area is 152 Å². The molecule has 0 bridgehead atoms. The van der Waals surface area contributed by atoms with Crippen LogP contribution in [0.2, 0.25) is 0 Å². The summed E-state index contributed by atoms with van der Waals surface area (Å²) < 4.78 is 5.23. The number of ketones is 1. The molecule has 0 fully saturated rings. The van der Waals surface area contributed by atoms with Gasteiger partial charge in [0.15, 0.2) is 5.78 Å². The van der Waals surface area contributed by atoms with Crippen molar-refractivity contribution in [2.24, 2.45) is 0 Å². The predicted octanol–water partition coefficient (Wildman–Crippen LogP) is 4.66. The number of nitrogens with zero attached hydrogens (tertiary/aromatic N) is 1. The standard InChI is InChI=1S/C22H18N2O2/c1-26-18-9-5-6-15(12-18)22(25)19-10-11-21-20(19)13-17(14-23-21)24-16-7-3-2-4-8-16/h2-10,12-14,24H,11H2,1H3. The summed E-state index contributed by atoms with van der Waals surface area (Å²) in [5.74, 6) is 0.661. The minimum absolute atomic E-state index is 0.0127. The van der Waals surface area contributed by atoms with E-state index in [1.807, 2.05) is 60.7 Å². The molecule has 4 heteroatoms. The average molecular weight is 342 g/mol. The molecule has 4 rings (SSSR count). The topological polar surface area (TPSA) is 51.2 Å². The van der Waals surface area contributed by atoms with Crippen molar-refractivity contribution < 1.29 is 9.53 Å². The number of ether oxygens (including phenoxy) is 1. The van der Waals surface area contributed by atoms with Crippen molar-refractivity contribution in [3.8, 4) is 5.75 Å². The van der Waals surface area contributed by atoms with E-state index in [0.29, 0.717) is 23.3 Å². The van der Waals surface area contributed by atoms with Crippen LogP contribution >= 0.6 is 0 Å². The Hall–Kier alpha value is -3.40. The van der Waals surface area contributed by atoms with Crippen LogP contribution in [0.4, 0.5) is 11.4 Å². The van der Waals surface area contributed by atoms with E-state index < -0.39 is 0 Å². The number of hydrogen-bond acceptors (Lipinski definition) is 4. The third kappa shape index (κ3) is 3.09. The first kappa shape index (κ1) is 16.1. The van der Waals surface area contributed by atoms with Crippen molar-refractivity contribution in [2.45, 2.75) is 6.42 Å². The van der Waals surface area contributed by atoms with Crippen molar-refractivity contribution in [1.29, 1.82) is 0 Å². The van der Waals surface area contributed by atoms with Crippen molar-refractivity contribution >= 4 is 22.7 Å². The molecule has 2 aromatic carbocycles. The molecule has 0 atom stereocenters. The highest BCUT2D eigenvalue weighted by molar-refractivity contribution is 6.30. The van der Waals surface area contributed by atoms with Crippen LogP contribution in [-0.4, -0.2) is 17.9 Å². The molecular formula is C22H18N2O2. The van der Waals surface area contributed by atoms with E-state index >= 15 is 0 Å². The number of hydrogen-bond donors (Lipinski definition) is 1. The van der Waals surface area contributed by atoms with Crippen molar-refractivity contribution in [3.05, 3.63) is 89.8 Å². The molecule has 0 amide bonds. The number of anilines is 2. The van der Waals surface area contributed by atoms with Crippen LogP contribution in [0.5, 0.6) is 5.75 Å². The SMILES string of the molecule is COc1cccc(C(=O)C2=CCc3ncc(Nc4ccccc4)cc32)c1. The number of aromatic nitrogens is 1. The molecular weight excluding hydrogens is 324 g/mol. The monoisotopic (exact) mass is 342 g/mol. The highest BCUT2D eigenvalue weighted by Crippen LogP contribution is 2.32. The number of benzene rings is 2. The minimum Gasteiger partial charge on any atom is -0.497 e. The number of fused-ring (bicyclic) bond motifs is 1. The molecule has 1 aliphatic carbocycles. The van der Waals surface area contributed by atoms with Gasteiger partial charge in [-0.25, -0.2) is 0 Å². The van der Waals surface area contributed by atoms with Gasteiger partial charge in [0.2, 0.25) is 0 Å². The number of carbonyl (C=O) groups is 1. The maximum absolute atomic E-state index is 13.0. The second-order valence-electron chi connectivity index (χ2n) is 6.09. The molecule has 1 N–H and O–H groups in total. The summed E-state index contributed by atoms with van der Waals surface area (Å²) in [5.41, 5.74) is 4.97. The number of pyridine rings is 1. The molecule has 0 unspecified atom stereocenters.